The molecular formula is C14H15FN2O2S2. The summed E-state index contributed by atoms with van der Waals surface area (Å²) >= 11 is 1.65. The molecule has 2 rings (SSSR count). The Hall–Kier alpha value is -1.57. The van der Waals surface area contributed by atoms with Crippen molar-refractivity contribution in [3.8, 4) is 0 Å². The highest BCUT2D eigenvalue weighted by Gasteiger charge is 2.11. The summed E-state index contributed by atoms with van der Waals surface area (Å²) in [5, 5.41) is 7.87. The first-order chi connectivity index (χ1) is 9.97. The number of halogens is 1. The average molecular weight is 326 g/mol. The first kappa shape index (κ1) is 15.8. The molecular weight excluding hydrogens is 311 g/mol. The Morgan fingerprint density at radius 1 is 1.14 bits per heavy atom. The van der Waals surface area contributed by atoms with E-state index >= 15 is 0 Å². The summed E-state index contributed by atoms with van der Waals surface area (Å²) in [6.07, 6.45) is 0. The summed E-state index contributed by atoms with van der Waals surface area (Å²) in [4.78, 5) is 0.911. The van der Waals surface area contributed by atoms with Crippen molar-refractivity contribution < 1.29 is 12.8 Å². The number of hydrogen-bond donors (Lipinski definition) is 2. The monoisotopic (exact) mass is 326 g/mol. The second-order valence-electron chi connectivity index (χ2n) is 4.27. The third-order valence-corrected chi connectivity index (χ3v) is 4.62. The highest BCUT2D eigenvalue weighted by molar-refractivity contribution is 7.99. The molecule has 21 heavy (non-hydrogen) atoms. The molecule has 0 fully saturated rings. The van der Waals surface area contributed by atoms with Gasteiger partial charge in [0.2, 0.25) is 10.0 Å². The van der Waals surface area contributed by atoms with E-state index in [0.717, 1.165) is 16.7 Å². The fourth-order valence-corrected chi connectivity index (χ4v) is 3.00. The standard InChI is InChI=1S/C14H15FN2O2S2/c15-13-10-12(21(16,18)19)6-7-14(13)17-8-9-20-11-4-2-1-3-5-11/h1-7,10,17H,8-9H2,(H2,16,18,19). The van der Waals surface area contributed by atoms with Gasteiger partial charge in [-0.25, -0.2) is 17.9 Å². The van der Waals surface area contributed by atoms with Crippen LogP contribution in [0.1, 0.15) is 0 Å². The molecule has 0 saturated heterocycles. The number of nitrogens with two attached hydrogens (primary N) is 1. The van der Waals surface area contributed by atoms with Crippen LogP contribution in [-0.4, -0.2) is 20.7 Å². The SMILES string of the molecule is NS(=O)(=O)c1ccc(NCCSc2ccccc2)c(F)c1. The van der Waals surface area contributed by atoms with E-state index in [0.29, 0.717) is 6.54 Å². The average Bonchev–Trinajstić information content (AvgIpc) is 2.45. The Kier molecular flexibility index (Phi) is 5.22. The molecule has 0 aromatic heterocycles. The fourth-order valence-electron chi connectivity index (χ4n) is 1.69. The van der Waals surface area contributed by atoms with Crippen LogP contribution in [0, 0.1) is 5.82 Å². The first-order valence-electron chi connectivity index (χ1n) is 6.21. The Balaban J connectivity index is 1.89. The van der Waals surface area contributed by atoms with Crippen LogP contribution >= 0.6 is 11.8 Å². The van der Waals surface area contributed by atoms with E-state index in [-0.39, 0.29) is 10.6 Å². The molecule has 2 aromatic rings. The van der Waals surface area contributed by atoms with E-state index in [4.69, 9.17) is 5.14 Å². The van der Waals surface area contributed by atoms with Crippen LogP contribution < -0.4 is 10.5 Å². The summed E-state index contributed by atoms with van der Waals surface area (Å²) in [6, 6.07) is 13.5. The van der Waals surface area contributed by atoms with Crippen molar-refractivity contribution >= 4 is 27.5 Å². The number of hydrogen-bond acceptors (Lipinski definition) is 4. The van der Waals surface area contributed by atoms with Crippen molar-refractivity contribution in [1.29, 1.82) is 0 Å². The van der Waals surface area contributed by atoms with E-state index in [2.05, 4.69) is 5.32 Å². The summed E-state index contributed by atoms with van der Waals surface area (Å²) in [7, 11) is -3.88. The lowest BCUT2D eigenvalue weighted by Gasteiger charge is -2.08. The van der Waals surface area contributed by atoms with Crippen LogP contribution in [0.3, 0.4) is 0 Å². The third-order valence-electron chi connectivity index (χ3n) is 2.70. The van der Waals surface area contributed by atoms with Gasteiger partial charge in [0.25, 0.3) is 0 Å². The first-order valence-corrected chi connectivity index (χ1v) is 8.74. The quantitative estimate of drug-likeness (QED) is 0.632. The van der Waals surface area contributed by atoms with E-state index in [9.17, 15) is 12.8 Å². The van der Waals surface area contributed by atoms with Gasteiger partial charge >= 0.3 is 0 Å². The van der Waals surface area contributed by atoms with E-state index < -0.39 is 15.8 Å². The number of primary sulfonamides is 1. The number of sulfonamides is 1. The molecule has 0 spiro atoms. The molecule has 0 amide bonds. The van der Waals surface area contributed by atoms with Gasteiger partial charge in [-0.05, 0) is 30.3 Å². The van der Waals surface area contributed by atoms with Crippen LogP contribution in [-0.2, 0) is 10.0 Å². The summed E-state index contributed by atoms with van der Waals surface area (Å²) in [6.45, 7) is 0.561. The zero-order chi connectivity index (χ0) is 15.3. The predicted octanol–water partition coefficient (Wildman–Crippen LogP) is 2.68. The van der Waals surface area contributed by atoms with Crippen molar-refractivity contribution in [1.82, 2.24) is 0 Å². The minimum absolute atomic E-state index is 0.232. The predicted molar refractivity (Wildman–Crippen MR) is 83.4 cm³/mol. The van der Waals surface area contributed by atoms with Gasteiger partial charge in [-0.15, -0.1) is 11.8 Å². The maximum atomic E-state index is 13.7. The van der Waals surface area contributed by atoms with Gasteiger partial charge in [0.15, 0.2) is 0 Å². The van der Waals surface area contributed by atoms with E-state index in [1.165, 1.54) is 12.1 Å². The molecule has 0 saturated carbocycles. The van der Waals surface area contributed by atoms with Crippen molar-refractivity contribution in [3.05, 3.63) is 54.3 Å². The van der Waals surface area contributed by atoms with Gasteiger partial charge in [0.05, 0.1) is 10.6 Å². The lowest BCUT2D eigenvalue weighted by Crippen LogP contribution is -2.13. The largest absolute Gasteiger partial charge is 0.382 e. The topological polar surface area (TPSA) is 72.2 Å². The van der Waals surface area contributed by atoms with Crippen molar-refractivity contribution in [3.63, 3.8) is 0 Å². The number of nitrogens with one attached hydrogen (secondary N) is 1. The van der Waals surface area contributed by atoms with Crippen LogP contribution in [0.4, 0.5) is 10.1 Å². The molecule has 0 heterocycles. The molecule has 0 aliphatic heterocycles. The van der Waals surface area contributed by atoms with Crippen LogP contribution in [0.25, 0.3) is 0 Å². The van der Waals surface area contributed by atoms with Crippen molar-refractivity contribution in [2.75, 3.05) is 17.6 Å². The number of benzene rings is 2. The Morgan fingerprint density at radius 2 is 1.86 bits per heavy atom. The summed E-state index contributed by atoms with van der Waals surface area (Å²) in [5.41, 5.74) is 0.260. The normalized spacial score (nSPS) is 11.3. The molecule has 0 aliphatic carbocycles. The van der Waals surface area contributed by atoms with Crippen molar-refractivity contribution in [2.24, 2.45) is 5.14 Å². The molecule has 0 atom stereocenters. The summed E-state index contributed by atoms with van der Waals surface area (Å²) in [5.74, 6) is 0.131. The lowest BCUT2D eigenvalue weighted by atomic mass is 10.3. The molecule has 7 heteroatoms. The maximum Gasteiger partial charge on any atom is 0.238 e. The molecule has 0 aliphatic rings. The van der Waals surface area contributed by atoms with Crippen LogP contribution in [0.2, 0.25) is 0 Å². The van der Waals surface area contributed by atoms with Gasteiger partial charge in [-0.3, -0.25) is 0 Å². The highest BCUT2D eigenvalue weighted by Crippen LogP contribution is 2.20. The van der Waals surface area contributed by atoms with Crippen molar-refractivity contribution in [2.45, 2.75) is 9.79 Å². The number of thioether (sulfide) groups is 1. The van der Waals surface area contributed by atoms with Gasteiger partial charge in [0.1, 0.15) is 5.82 Å². The van der Waals surface area contributed by atoms with E-state index in [1.54, 1.807) is 11.8 Å². The minimum Gasteiger partial charge on any atom is -0.382 e. The van der Waals surface area contributed by atoms with Gasteiger partial charge in [0, 0.05) is 17.2 Å². The lowest BCUT2D eigenvalue weighted by molar-refractivity contribution is 0.593. The van der Waals surface area contributed by atoms with Gasteiger partial charge in [-0.1, -0.05) is 18.2 Å². The Labute approximate surface area is 127 Å². The molecule has 3 N–H and O–H groups in total. The molecule has 0 unspecified atom stereocenters. The number of anilines is 1. The zero-order valence-electron chi connectivity index (χ0n) is 11.1. The van der Waals surface area contributed by atoms with Crippen LogP contribution in [0.15, 0.2) is 58.3 Å². The van der Waals surface area contributed by atoms with E-state index in [1.807, 2.05) is 30.3 Å². The number of rotatable bonds is 6. The summed E-state index contributed by atoms with van der Waals surface area (Å²) < 4.78 is 35.9. The second kappa shape index (κ2) is 6.93. The van der Waals surface area contributed by atoms with Crippen LogP contribution in [0.5, 0.6) is 0 Å². The molecule has 0 bridgehead atoms. The van der Waals surface area contributed by atoms with Gasteiger partial charge in [-0.2, -0.15) is 0 Å². The zero-order valence-corrected chi connectivity index (χ0v) is 12.8. The Bertz CT molecular complexity index is 706. The highest BCUT2D eigenvalue weighted by atomic mass is 32.2. The Morgan fingerprint density at radius 3 is 2.48 bits per heavy atom. The maximum absolute atomic E-state index is 13.7. The molecule has 0 radical (unpaired) electrons. The minimum atomic E-state index is -3.88. The molecule has 4 nitrogen and oxygen atoms in total. The van der Waals surface area contributed by atoms with Gasteiger partial charge < -0.3 is 5.32 Å². The molecule has 112 valence electrons. The fraction of sp³-hybridized carbons (Fsp3) is 0.143. The second-order valence-corrected chi connectivity index (χ2v) is 7.00. The molecule has 2 aromatic carbocycles. The smallest absolute Gasteiger partial charge is 0.238 e. The third kappa shape index (κ3) is 4.73.